The summed E-state index contributed by atoms with van der Waals surface area (Å²) in [5.74, 6) is 0.882. The fourth-order valence-corrected chi connectivity index (χ4v) is 4.50. The van der Waals surface area contributed by atoms with E-state index in [-0.39, 0.29) is 22.7 Å². The van der Waals surface area contributed by atoms with E-state index in [1.54, 1.807) is 42.5 Å². The van der Waals surface area contributed by atoms with Crippen LogP contribution in [0.3, 0.4) is 0 Å². The molecule has 1 unspecified atom stereocenters. The van der Waals surface area contributed by atoms with E-state index >= 15 is 0 Å². The molecule has 1 saturated heterocycles. The minimum Gasteiger partial charge on any atom is -0.508 e. The van der Waals surface area contributed by atoms with Crippen molar-refractivity contribution in [3.63, 3.8) is 0 Å². The molecular formula is C29H28N2O5. The van der Waals surface area contributed by atoms with Crippen molar-refractivity contribution in [1.29, 1.82) is 0 Å². The number of rotatable bonds is 7. The van der Waals surface area contributed by atoms with Crippen LogP contribution in [0.15, 0.2) is 77.3 Å². The molecule has 0 amide bonds. The largest absolute Gasteiger partial charge is 0.508 e. The molecule has 1 aliphatic rings. The number of ether oxygens (including phenoxy) is 1. The summed E-state index contributed by atoms with van der Waals surface area (Å²) in [4.78, 5) is 13.9. The highest BCUT2D eigenvalue weighted by Gasteiger charge is 2.29. The first-order valence-corrected chi connectivity index (χ1v) is 12.0. The van der Waals surface area contributed by atoms with Gasteiger partial charge in [0.15, 0.2) is 11.5 Å². The summed E-state index contributed by atoms with van der Waals surface area (Å²) in [6, 6.07) is 20.0. The molecular weight excluding hydrogens is 456 g/mol. The van der Waals surface area contributed by atoms with Crippen LogP contribution in [-0.4, -0.2) is 40.8 Å². The maximum absolute atomic E-state index is 13.9. The third-order valence-corrected chi connectivity index (χ3v) is 6.56. The lowest BCUT2D eigenvalue weighted by atomic mass is 9.84. The number of aromatic nitrogens is 1. The number of aromatic hydroxyl groups is 2. The Morgan fingerprint density at radius 1 is 1.03 bits per heavy atom. The molecule has 7 heteroatoms. The fourth-order valence-electron chi connectivity index (χ4n) is 4.50. The van der Waals surface area contributed by atoms with E-state index < -0.39 is 0 Å². The standard InChI is InChI=1S/C29H28N2O5/c1-29(14-3-15-30-17-29)18-35-24-5-2-4-21(16-24)27(34)25-26(19-6-10-22(32)11-7-19)31-36-28(25)20-8-12-23(33)13-9-20/h2,4-13,16,30,32-33H,3,14-15,17-18H2,1H3. The quantitative estimate of drug-likeness (QED) is 0.301. The van der Waals surface area contributed by atoms with Crippen molar-refractivity contribution in [3.05, 3.63) is 83.9 Å². The van der Waals surface area contributed by atoms with Gasteiger partial charge in [0, 0.05) is 28.7 Å². The zero-order valence-corrected chi connectivity index (χ0v) is 20.0. The van der Waals surface area contributed by atoms with Crippen LogP contribution in [-0.2, 0) is 0 Å². The van der Waals surface area contributed by atoms with Gasteiger partial charge in [0.05, 0.1) is 12.2 Å². The van der Waals surface area contributed by atoms with E-state index in [1.807, 2.05) is 6.07 Å². The van der Waals surface area contributed by atoms with E-state index in [0.29, 0.717) is 46.1 Å². The Labute approximate surface area is 209 Å². The van der Waals surface area contributed by atoms with Crippen LogP contribution < -0.4 is 10.1 Å². The Hall–Kier alpha value is -4.10. The molecule has 1 fully saturated rings. The molecule has 3 N–H and O–H groups in total. The summed E-state index contributed by atoms with van der Waals surface area (Å²) >= 11 is 0. The third kappa shape index (κ3) is 4.97. The monoisotopic (exact) mass is 484 g/mol. The number of nitrogens with one attached hydrogen (secondary N) is 1. The molecule has 0 bridgehead atoms. The van der Waals surface area contributed by atoms with Gasteiger partial charge in [-0.3, -0.25) is 4.79 Å². The van der Waals surface area contributed by atoms with Crippen molar-refractivity contribution in [2.75, 3.05) is 19.7 Å². The third-order valence-electron chi connectivity index (χ3n) is 6.56. The van der Waals surface area contributed by atoms with Gasteiger partial charge in [-0.2, -0.15) is 0 Å². The number of nitrogens with zero attached hydrogens (tertiary/aromatic N) is 1. The van der Waals surface area contributed by atoms with Crippen LogP contribution in [0.2, 0.25) is 0 Å². The van der Waals surface area contributed by atoms with Gasteiger partial charge < -0.3 is 24.8 Å². The lowest BCUT2D eigenvalue weighted by Gasteiger charge is -2.33. The van der Waals surface area contributed by atoms with Crippen LogP contribution in [0.25, 0.3) is 22.6 Å². The number of benzene rings is 3. The molecule has 184 valence electrons. The Balaban J connectivity index is 1.50. The highest BCUT2D eigenvalue weighted by atomic mass is 16.5. The van der Waals surface area contributed by atoms with Gasteiger partial charge >= 0.3 is 0 Å². The first kappa shape index (κ1) is 23.6. The Bertz CT molecular complexity index is 1290. The molecule has 0 radical (unpaired) electrons. The maximum atomic E-state index is 13.9. The van der Waals surface area contributed by atoms with Crippen LogP contribution in [0.1, 0.15) is 35.7 Å². The number of carbonyl (C=O) groups is 1. The maximum Gasteiger partial charge on any atom is 0.199 e. The summed E-state index contributed by atoms with van der Waals surface area (Å²) in [5.41, 5.74) is 2.41. The minimum atomic E-state index is -0.265. The van der Waals surface area contributed by atoms with Crippen molar-refractivity contribution in [2.45, 2.75) is 19.8 Å². The Morgan fingerprint density at radius 3 is 2.39 bits per heavy atom. The number of carbonyl (C=O) groups excluding carboxylic acids is 1. The summed E-state index contributed by atoms with van der Waals surface area (Å²) in [6.07, 6.45) is 2.21. The lowest BCUT2D eigenvalue weighted by Crippen LogP contribution is -2.41. The van der Waals surface area contributed by atoms with Gasteiger partial charge in [0.25, 0.3) is 0 Å². The van der Waals surface area contributed by atoms with Crippen molar-refractivity contribution in [2.24, 2.45) is 5.41 Å². The molecule has 0 aliphatic carbocycles. The van der Waals surface area contributed by atoms with Crippen LogP contribution in [0.5, 0.6) is 17.2 Å². The van der Waals surface area contributed by atoms with Crippen molar-refractivity contribution >= 4 is 5.78 Å². The first-order chi connectivity index (χ1) is 17.4. The van der Waals surface area contributed by atoms with E-state index in [2.05, 4.69) is 17.4 Å². The highest BCUT2D eigenvalue weighted by Crippen LogP contribution is 2.36. The number of phenolic OH excluding ortho intramolecular Hbond substituents is 2. The molecule has 2 heterocycles. The highest BCUT2D eigenvalue weighted by molar-refractivity contribution is 6.15. The minimum absolute atomic E-state index is 0.0464. The van der Waals surface area contributed by atoms with Crippen LogP contribution in [0.4, 0.5) is 0 Å². The summed E-state index contributed by atoms with van der Waals surface area (Å²) in [6.45, 7) is 4.70. The van der Waals surface area contributed by atoms with E-state index in [4.69, 9.17) is 9.26 Å². The number of hydrogen-bond donors (Lipinski definition) is 3. The molecule has 36 heavy (non-hydrogen) atoms. The summed E-state index contributed by atoms with van der Waals surface area (Å²) in [5, 5.41) is 27.1. The number of hydrogen-bond acceptors (Lipinski definition) is 7. The van der Waals surface area contributed by atoms with Gasteiger partial charge in [-0.15, -0.1) is 0 Å². The molecule has 0 spiro atoms. The topological polar surface area (TPSA) is 105 Å². The second kappa shape index (κ2) is 9.87. The summed E-state index contributed by atoms with van der Waals surface area (Å²) < 4.78 is 11.8. The average molecular weight is 485 g/mol. The molecule has 4 aromatic rings. The molecule has 0 saturated carbocycles. The predicted molar refractivity (Wildman–Crippen MR) is 136 cm³/mol. The zero-order chi connectivity index (χ0) is 25.1. The summed E-state index contributed by atoms with van der Waals surface area (Å²) in [7, 11) is 0. The molecule has 5 rings (SSSR count). The molecule has 3 aromatic carbocycles. The van der Waals surface area contributed by atoms with Gasteiger partial charge in [0.2, 0.25) is 0 Å². The van der Waals surface area contributed by atoms with Crippen LogP contribution in [0, 0.1) is 5.41 Å². The number of ketones is 1. The second-order valence-corrected chi connectivity index (χ2v) is 9.57. The van der Waals surface area contributed by atoms with Gasteiger partial charge in [-0.05, 0) is 80.1 Å². The van der Waals surface area contributed by atoms with E-state index in [0.717, 1.165) is 25.9 Å². The van der Waals surface area contributed by atoms with Crippen molar-refractivity contribution < 1.29 is 24.3 Å². The smallest absolute Gasteiger partial charge is 0.199 e. The van der Waals surface area contributed by atoms with Gasteiger partial charge in [-0.1, -0.05) is 24.2 Å². The fraction of sp³-hybridized carbons (Fsp3) is 0.241. The SMILES string of the molecule is CC1(COc2cccc(C(=O)c3c(-c4ccc(O)cc4)noc3-c3ccc(O)cc3)c2)CCCNC1. The van der Waals surface area contributed by atoms with Crippen LogP contribution >= 0.6 is 0 Å². The number of piperidine rings is 1. The van der Waals surface area contributed by atoms with Gasteiger partial charge in [0.1, 0.15) is 22.9 Å². The second-order valence-electron chi connectivity index (χ2n) is 9.57. The Morgan fingerprint density at radius 2 is 1.72 bits per heavy atom. The van der Waals surface area contributed by atoms with E-state index in [1.165, 1.54) is 24.3 Å². The molecule has 1 aliphatic heterocycles. The number of phenols is 2. The lowest BCUT2D eigenvalue weighted by molar-refractivity contribution is 0.103. The average Bonchev–Trinajstić information content (AvgIpc) is 3.34. The van der Waals surface area contributed by atoms with E-state index in [9.17, 15) is 15.0 Å². The normalized spacial score (nSPS) is 17.6. The van der Waals surface area contributed by atoms with Gasteiger partial charge in [-0.25, -0.2) is 0 Å². The van der Waals surface area contributed by atoms with Crippen molar-refractivity contribution in [3.8, 4) is 39.8 Å². The van der Waals surface area contributed by atoms with Crippen molar-refractivity contribution in [1.82, 2.24) is 10.5 Å². The zero-order valence-electron chi connectivity index (χ0n) is 20.0. The predicted octanol–water partition coefficient (Wildman–Crippen LogP) is 5.42. The first-order valence-electron chi connectivity index (χ1n) is 12.0. The molecule has 1 atom stereocenters. The Kier molecular flexibility index (Phi) is 6.48. The molecule has 1 aromatic heterocycles. The molecule has 7 nitrogen and oxygen atoms in total.